The molecule has 4 rings (SSSR count). The molecule has 0 fully saturated rings. The summed E-state index contributed by atoms with van der Waals surface area (Å²) in [6.45, 7) is 0. The number of methoxy groups -OCH3 is 3. The Morgan fingerprint density at radius 2 is 1.88 bits per heavy atom. The van der Waals surface area contributed by atoms with Crippen LogP contribution in [0.25, 0.3) is 0 Å². The summed E-state index contributed by atoms with van der Waals surface area (Å²) in [7, 11) is 4.49. The molecule has 0 bridgehead atoms. The zero-order valence-electron chi connectivity index (χ0n) is 18.2. The molecule has 172 valence electrons. The van der Waals surface area contributed by atoms with E-state index < -0.39 is 5.92 Å². The largest absolute Gasteiger partial charge is 0.493 e. The van der Waals surface area contributed by atoms with Crippen LogP contribution in [0.2, 0.25) is 0 Å². The number of aromatic amines is 1. The molecule has 1 atom stereocenters. The van der Waals surface area contributed by atoms with Crippen LogP contribution in [0.4, 0.5) is 10.2 Å². The number of aromatic nitrogens is 2. The van der Waals surface area contributed by atoms with Crippen molar-refractivity contribution in [3.05, 3.63) is 69.3 Å². The third-order valence-electron chi connectivity index (χ3n) is 5.30. The maximum atomic E-state index is 13.4. The highest BCUT2D eigenvalue weighted by Crippen LogP contribution is 2.46. The van der Waals surface area contributed by atoms with Crippen molar-refractivity contribution in [3.8, 4) is 17.2 Å². The van der Waals surface area contributed by atoms with Crippen LogP contribution in [0.15, 0.2) is 46.3 Å². The van der Waals surface area contributed by atoms with E-state index in [9.17, 15) is 14.0 Å². The fourth-order valence-electron chi connectivity index (χ4n) is 3.86. The minimum Gasteiger partial charge on any atom is -0.493 e. The number of nitrogens with one attached hydrogen (secondary N) is 2. The second-order valence-electron chi connectivity index (χ2n) is 7.28. The topological polar surface area (TPSA) is 103 Å². The predicted molar refractivity (Wildman–Crippen MR) is 122 cm³/mol. The number of carbonyl (C=O) groups is 1. The first kappa shape index (κ1) is 22.7. The molecule has 0 aliphatic carbocycles. The molecule has 33 heavy (non-hydrogen) atoms. The molecule has 0 radical (unpaired) electrons. The van der Waals surface area contributed by atoms with E-state index in [2.05, 4.69) is 15.3 Å². The summed E-state index contributed by atoms with van der Waals surface area (Å²) in [4.78, 5) is 32.9. The lowest BCUT2D eigenvalue weighted by atomic mass is 9.86. The number of thioether (sulfide) groups is 1. The molecule has 1 aliphatic heterocycles. The molecule has 1 aliphatic rings. The first-order valence-electron chi connectivity index (χ1n) is 10.0. The van der Waals surface area contributed by atoms with Gasteiger partial charge in [0.2, 0.25) is 11.7 Å². The molecule has 2 N–H and O–H groups in total. The molecule has 8 nitrogen and oxygen atoms in total. The Morgan fingerprint density at radius 3 is 2.58 bits per heavy atom. The Morgan fingerprint density at radius 1 is 1.09 bits per heavy atom. The van der Waals surface area contributed by atoms with Crippen molar-refractivity contribution in [1.82, 2.24) is 9.97 Å². The molecule has 0 saturated carbocycles. The smallest absolute Gasteiger partial charge is 0.257 e. The monoisotopic (exact) mass is 471 g/mol. The van der Waals surface area contributed by atoms with Gasteiger partial charge in [0.1, 0.15) is 11.6 Å². The van der Waals surface area contributed by atoms with E-state index in [1.165, 1.54) is 45.2 Å². The number of hydrogen-bond acceptors (Lipinski definition) is 7. The maximum absolute atomic E-state index is 13.4. The fraction of sp³-hybridized carbons (Fsp3) is 0.261. The zero-order chi connectivity index (χ0) is 23.5. The number of anilines is 1. The lowest BCUT2D eigenvalue weighted by Gasteiger charge is -2.26. The number of fused-ring (bicyclic) bond motifs is 1. The first-order chi connectivity index (χ1) is 15.9. The lowest BCUT2D eigenvalue weighted by Crippen LogP contribution is -2.31. The molecule has 0 spiro atoms. The number of H-pyrrole nitrogens is 1. The van der Waals surface area contributed by atoms with Crippen molar-refractivity contribution in [3.63, 3.8) is 0 Å². The van der Waals surface area contributed by atoms with Gasteiger partial charge in [0.25, 0.3) is 5.56 Å². The average Bonchev–Trinajstić information content (AvgIpc) is 2.80. The summed E-state index contributed by atoms with van der Waals surface area (Å²) < 4.78 is 29.8. The van der Waals surface area contributed by atoms with Crippen LogP contribution in [0, 0.1) is 5.82 Å². The Balaban J connectivity index is 1.73. The van der Waals surface area contributed by atoms with Crippen LogP contribution < -0.4 is 25.1 Å². The molecule has 10 heteroatoms. The molecule has 2 aromatic carbocycles. The minimum absolute atomic E-state index is 0.0411. The van der Waals surface area contributed by atoms with Gasteiger partial charge in [-0.3, -0.25) is 9.59 Å². The van der Waals surface area contributed by atoms with Crippen molar-refractivity contribution in [1.29, 1.82) is 0 Å². The van der Waals surface area contributed by atoms with E-state index in [1.54, 1.807) is 24.3 Å². The second-order valence-corrected chi connectivity index (χ2v) is 8.24. The highest BCUT2D eigenvalue weighted by Gasteiger charge is 2.34. The third-order valence-corrected chi connectivity index (χ3v) is 6.25. The summed E-state index contributed by atoms with van der Waals surface area (Å²) >= 11 is 1.24. The van der Waals surface area contributed by atoms with E-state index >= 15 is 0 Å². The van der Waals surface area contributed by atoms with Gasteiger partial charge in [-0.25, -0.2) is 9.37 Å². The van der Waals surface area contributed by atoms with E-state index in [1.807, 2.05) is 0 Å². The number of nitrogens with zero attached hydrogens (tertiary/aromatic N) is 1. The Labute approximate surface area is 193 Å². The van der Waals surface area contributed by atoms with Crippen LogP contribution in [-0.4, -0.2) is 37.2 Å². The molecule has 0 unspecified atom stereocenters. The average molecular weight is 472 g/mol. The molecule has 1 aromatic heterocycles. The van der Waals surface area contributed by atoms with Gasteiger partial charge in [-0.2, -0.15) is 0 Å². The van der Waals surface area contributed by atoms with Gasteiger partial charge in [-0.05, 0) is 23.8 Å². The predicted octanol–water partition coefficient (Wildman–Crippen LogP) is 3.70. The quantitative estimate of drug-likeness (QED) is 0.400. The van der Waals surface area contributed by atoms with Crippen LogP contribution >= 0.6 is 11.8 Å². The Hall–Kier alpha value is -3.53. The zero-order valence-corrected chi connectivity index (χ0v) is 19.0. The number of amides is 1. The summed E-state index contributed by atoms with van der Waals surface area (Å²) in [6.07, 6.45) is 0.0411. The molecule has 1 amide bonds. The van der Waals surface area contributed by atoms with Crippen molar-refractivity contribution in [2.24, 2.45) is 0 Å². The van der Waals surface area contributed by atoms with Gasteiger partial charge in [-0.15, -0.1) is 0 Å². The molecular formula is C23H22FN3O5S. The number of rotatable bonds is 7. The van der Waals surface area contributed by atoms with Gasteiger partial charge < -0.3 is 24.5 Å². The number of benzene rings is 2. The molecule has 0 saturated heterocycles. The summed E-state index contributed by atoms with van der Waals surface area (Å²) in [6, 6.07) is 9.65. The van der Waals surface area contributed by atoms with Gasteiger partial charge in [0.15, 0.2) is 16.7 Å². The molecular weight excluding hydrogens is 449 g/mol. The highest BCUT2D eigenvalue weighted by molar-refractivity contribution is 7.98. The number of hydrogen-bond donors (Lipinski definition) is 2. The summed E-state index contributed by atoms with van der Waals surface area (Å²) in [5, 5.41) is 3.02. The number of ether oxygens (including phenoxy) is 3. The lowest BCUT2D eigenvalue weighted by molar-refractivity contribution is -0.116. The van der Waals surface area contributed by atoms with Crippen molar-refractivity contribution < 1.29 is 23.4 Å². The van der Waals surface area contributed by atoms with Gasteiger partial charge in [-0.1, -0.05) is 30.0 Å². The van der Waals surface area contributed by atoms with E-state index in [0.29, 0.717) is 39.3 Å². The van der Waals surface area contributed by atoms with Gasteiger partial charge in [0, 0.05) is 23.7 Å². The Kier molecular flexibility index (Phi) is 6.55. The SMILES string of the molecule is COc1ccc([C@H]2CC(=O)Nc3nc(SCc4cccc(F)c4)[nH]c(=O)c32)c(OC)c1OC. The second kappa shape index (κ2) is 9.53. The van der Waals surface area contributed by atoms with Crippen LogP contribution in [-0.2, 0) is 10.5 Å². The highest BCUT2D eigenvalue weighted by atomic mass is 32.2. The molecule has 3 aromatic rings. The normalized spacial score (nSPS) is 14.9. The van der Waals surface area contributed by atoms with Gasteiger partial charge in [0.05, 0.1) is 26.9 Å². The minimum atomic E-state index is -0.595. The van der Waals surface area contributed by atoms with E-state index in [4.69, 9.17) is 14.2 Å². The Bertz CT molecular complexity index is 1260. The molecule has 2 heterocycles. The number of halogens is 1. The van der Waals surface area contributed by atoms with Crippen molar-refractivity contribution >= 4 is 23.5 Å². The first-order valence-corrected chi connectivity index (χ1v) is 11.0. The summed E-state index contributed by atoms with van der Waals surface area (Å²) in [5.74, 6) is 0.612. The van der Waals surface area contributed by atoms with Gasteiger partial charge >= 0.3 is 0 Å². The van der Waals surface area contributed by atoms with E-state index in [-0.39, 0.29) is 29.5 Å². The fourth-order valence-corrected chi connectivity index (χ4v) is 4.67. The van der Waals surface area contributed by atoms with E-state index in [0.717, 1.165) is 5.56 Å². The van der Waals surface area contributed by atoms with Crippen molar-refractivity contribution in [2.45, 2.75) is 23.2 Å². The van der Waals surface area contributed by atoms with Crippen LogP contribution in [0.5, 0.6) is 17.2 Å². The summed E-state index contributed by atoms with van der Waals surface area (Å²) in [5.41, 5.74) is 1.31. The maximum Gasteiger partial charge on any atom is 0.257 e. The number of carbonyl (C=O) groups excluding carboxylic acids is 1. The van der Waals surface area contributed by atoms with Crippen molar-refractivity contribution in [2.75, 3.05) is 26.6 Å². The standard InChI is InChI=1S/C23H22FN3O5S/c1-30-16-8-7-14(19(31-2)20(16)32-3)15-10-17(28)25-21-18(15)22(29)27-23(26-21)33-11-12-5-4-6-13(24)9-12/h4-9,15H,10-11H2,1-3H3,(H2,25,26,27,28,29)/t15-/m1/s1. The van der Waals surface area contributed by atoms with Crippen LogP contribution in [0.3, 0.4) is 0 Å². The van der Waals surface area contributed by atoms with Crippen LogP contribution in [0.1, 0.15) is 29.0 Å². The third kappa shape index (κ3) is 4.51.